The molecular weight excluding hydrogens is 530 g/mol. The van der Waals surface area contributed by atoms with E-state index in [0.717, 1.165) is 21.4 Å². The summed E-state index contributed by atoms with van der Waals surface area (Å²) in [5.41, 5.74) is 2.37. The minimum atomic E-state index is -0.634. The number of nitrogens with zero attached hydrogens (tertiary/aromatic N) is 3. The number of allylic oxidation sites excluding steroid dienone is 1. The van der Waals surface area contributed by atoms with Crippen molar-refractivity contribution in [2.45, 2.75) is 29.9 Å². The summed E-state index contributed by atoms with van der Waals surface area (Å²) >= 11 is 2.75. The maximum absolute atomic E-state index is 13.7. The summed E-state index contributed by atoms with van der Waals surface area (Å²) in [6.45, 7) is 3.76. The number of pyridine rings is 1. The third kappa shape index (κ3) is 4.75. The molecule has 0 bridgehead atoms. The Morgan fingerprint density at radius 3 is 2.74 bits per heavy atom. The second-order valence-electron chi connectivity index (χ2n) is 8.80. The number of carbonyl (C=O) groups excluding carboxylic acids is 1. The van der Waals surface area contributed by atoms with Crippen molar-refractivity contribution >= 4 is 46.0 Å². The number of rotatable bonds is 6. The van der Waals surface area contributed by atoms with E-state index in [0.29, 0.717) is 31.5 Å². The predicted molar refractivity (Wildman–Crippen MR) is 151 cm³/mol. The van der Waals surface area contributed by atoms with Gasteiger partial charge in [-0.05, 0) is 55.4 Å². The summed E-state index contributed by atoms with van der Waals surface area (Å²) in [6.07, 6.45) is 3.50. The van der Waals surface area contributed by atoms with Crippen LogP contribution in [0.3, 0.4) is 0 Å². The molecule has 0 unspecified atom stereocenters. The van der Waals surface area contributed by atoms with Gasteiger partial charge in [-0.2, -0.15) is 0 Å². The molecule has 5 aromatic rings. The molecule has 1 atom stereocenters. The molecule has 1 aliphatic heterocycles. The van der Waals surface area contributed by atoms with Crippen LogP contribution in [0.5, 0.6) is 0 Å². The van der Waals surface area contributed by atoms with E-state index in [1.54, 1.807) is 30.7 Å². The number of carbonyl (C=O) groups is 1. The first-order valence-electron chi connectivity index (χ1n) is 12.4. The van der Waals surface area contributed by atoms with Gasteiger partial charge in [0.2, 0.25) is 0 Å². The first-order valence-corrected chi connectivity index (χ1v) is 14.0. The van der Waals surface area contributed by atoms with Crippen molar-refractivity contribution in [3.05, 3.63) is 121 Å². The van der Waals surface area contributed by atoms with Crippen LogP contribution in [-0.4, -0.2) is 22.1 Å². The lowest BCUT2D eigenvalue weighted by molar-refractivity contribution is -0.139. The molecule has 2 aromatic carbocycles. The lowest BCUT2D eigenvalue weighted by atomic mass is 9.96. The van der Waals surface area contributed by atoms with Crippen LogP contribution in [0.4, 0.5) is 0 Å². The number of para-hydroxylation sites is 1. The minimum Gasteiger partial charge on any atom is -0.463 e. The number of hydrogen-bond acceptors (Lipinski definition) is 8. The topological polar surface area (TPSA) is 86.7 Å². The fourth-order valence-electron chi connectivity index (χ4n) is 4.61. The Morgan fingerprint density at radius 1 is 1.10 bits per heavy atom. The summed E-state index contributed by atoms with van der Waals surface area (Å²) in [7, 11) is 0. The van der Waals surface area contributed by atoms with Crippen LogP contribution < -0.4 is 14.9 Å². The van der Waals surface area contributed by atoms with E-state index in [-0.39, 0.29) is 12.2 Å². The highest BCUT2D eigenvalue weighted by Crippen LogP contribution is 2.34. The smallest absolute Gasteiger partial charge is 0.338 e. The third-order valence-corrected chi connectivity index (χ3v) is 8.27. The summed E-state index contributed by atoms with van der Waals surface area (Å²) in [5.74, 6) is 0.0751. The number of esters is 1. The highest BCUT2D eigenvalue weighted by Gasteiger charge is 2.33. The average Bonchev–Trinajstić information content (AvgIpc) is 3.52. The van der Waals surface area contributed by atoms with Gasteiger partial charge in [-0.25, -0.2) is 9.79 Å². The van der Waals surface area contributed by atoms with Crippen molar-refractivity contribution in [3.8, 4) is 0 Å². The minimum absolute atomic E-state index is 0.231. The molecule has 4 heterocycles. The molecule has 39 heavy (non-hydrogen) atoms. The first kappa shape index (κ1) is 25.1. The average molecular weight is 554 g/mol. The normalized spacial score (nSPS) is 15.3. The zero-order valence-electron chi connectivity index (χ0n) is 21.2. The molecule has 194 valence electrons. The molecule has 3 aromatic heterocycles. The maximum Gasteiger partial charge on any atom is 0.338 e. The van der Waals surface area contributed by atoms with Crippen molar-refractivity contribution in [2.24, 2.45) is 4.99 Å². The number of hydrogen-bond donors (Lipinski definition) is 0. The van der Waals surface area contributed by atoms with Crippen LogP contribution in [0, 0.1) is 0 Å². The van der Waals surface area contributed by atoms with Crippen LogP contribution >= 0.6 is 23.1 Å². The van der Waals surface area contributed by atoms with E-state index in [4.69, 9.17) is 9.15 Å². The van der Waals surface area contributed by atoms with E-state index in [2.05, 4.69) is 9.98 Å². The lowest BCUT2D eigenvalue weighted by Crippen LogP contribution is -2.39. The quantitative estimate of drug-likeness (QED) is 0.272. The van der Waals surface area contributed by atoms with Gasteiger partial charge in [0.05, 0.1) is 34.0 Å². The standard InChI is InChI=1S/C30H23N3O4S2/c1-3-36-29(35)25-18(2)32-30-33(27(25)20-9-5-4-6-10-20)28(34)23(39-30)17-21-14-15-24(37-21)38-22-13-7-11-19-12-8-16-31-26(19)22/h4-17,27H,3H2,1-2H3/b23-17-/t27-/m0/s1. The lowest BCUT2D eigenvalue weighted by Gasteiger charge is -2.24. The first-order chi connectivity index (χ1) is 19.0. The summed E-state index contributed by atoms with van der Waals surface area (Å²) in [4.78, 5) is 37.3. The van der Waals surface area contributed by atoms with Gasteiger partial charge < -0.3 is 9.15 Å². The van der Waals surface area contributed by atoms with Gasteiger partial charge in [0.1, 0.15) is 5.76 Å². The number of ether oxygens (including phenoxy) is 1. The van der Waals surface area contributed by atoms with Gasteiger partial charge in [0.15, 0.2) is 9.89 Å². The monoisotopic (exact) mass is 553 g/mol. The van der Waals surface area contributed by atoms with Crippen molar-refractivity contribution in [2.75, 3.05) is 6.61 Å². The Balaban J connectivity index is 1.40. The Kier molecular flexibility index (Phi) is 6.76. The molecule has 6 rings (SSSR count). The Morgan fingerprint density at radius 2 is 1.92 bits per heavy atom. The zero-order valence-corrected chi connectivity index (χ0v) is 22.8. The molecule has 0 radical (unpaired) electrons. The van der Waals surface area contributed by atoms with E-state index >= 15 is 0 Å². The Hall–Kier alpha value is -4.21. The second-order valence-corrected chi connectivity index (χ2v) is 10.9. The highest BCUT2D eigenvalue weighted by atomic mass is 32.2. The zero-order chi connectivity index (χ0) is 26.9. The van der Waals surface area contributed by atoms with Crippen molar-refractivity contribution in [1.29, 1.82) is 0 Å². The molecule has 0 amide bonds. The molecule has 0 fully saturated rings. The molecule has 0 N–H and O–H groups in total. The van der Waals surface area contributed by atoms with Gasteiger partial charge in [-0.3, -0.25) is 14.3 Å². The maximum atomic E-state index is 13.7. The number of fused-ring (bicyclic) bond motifs is 2. The summed E-state index contributed by atoms with van der Waals surface area (Å²) < 4.78 is 13.5. The van der Waals surface area contributed by atoms with E-state index in [9.17, 15) is 9.59 Å². The van der Waals surface area contributed by atoms with Crippen LogP contribution in [-0.2, 0) is 9.53 Å². The molecule has 7 nitrogen and oxygen atoms in total. The van der Waals surface area contributed by atoms with Crippen LogP contribution in [0.2, 0.25) is 0 Å². The fraction of sp³-hybridized carbons (Fsp3) is 0.133. The number of furan rings is 1. The number of thiazole rings is 1. The number of benzene rings is 2. The van der Waals surface area contributed by atoms with Gasteiger partial charge in [0, 0.05) is 22.6 Å². The summed E-state index contributed by atoms with van der Waals surface area (Å²) in [5, 5.41) is 1.75. The molecule has 0 saturated heterocycles. The highest BCUT2D eigenvalue weighted by molar-refractivity contribution is 7.99. The second kappa shape index (κ2) is 10.5. The van der Waals surface area contributed by atoms with Gasteiger partial charge >= 0.3 is 5.97 Å². The largest absolute Gasteiger partial charge is 0.463 e. The van der Waals surface area contributed by atoms with E-state index in [1.165, 1.54) is 23.1 Å². The van der Waals surface area contributed by atoms with Crippen LogP contribution in [0.15, 0.2) is 114 Å². The molecule has 0 aliphatic carbocycles. The molecule has 9 heteroatoms. The molecule has 0 spiro atoms. The van der Waals surface area contributed by atoms with Gasteiger partial charge in [-0.15, -0.1) is 0 Å². The van der Waals surface area contributed by atoms with Gasteiger partial charge in [-0.1, -0.05) is 59.9 Å². The summed E-state index contributed by atoms with van der Waals surface area (Å²) in [6, 6.07) is 22.5. The van der Waals surface area contributed by atoms with Crippen LogP contribution in [0.1, 0.15) is 31.2 Å². The van der Waals surface area contributed by atoms with Crippen molar-refractivity contribution in [1.82, 2.24) is 9.55 Å². The van der Waals surface area contributed by atoms with Crippen molar-refractivity contribution in [3.63, 3.8) is 0 Å². The van der Waals surface area contributed by atoms with Crippen LogP contribution in [0.25, 0.3) is 17.0 Å². The molecule has 0 saturated carbocycles. The van der Waals surface area contributed by atoms with Crippen molar-refractivity contribution < 1.29 is 13.9 Å². The number of aromatic nitrogens is 2. The Bertz CT molecular complexity index is 1910. The SMILES string of the molecule is CCOC(=O)C1=C(C)N=c2s/c(=C\c3ccc(Sc4cccc5cccnc45)o3)c(=O)n2[C@H]1c1ccccc1. The van der Waals surface area contributed by atoms with E-state index in [1.807, 2.05) is 72.8 Å². The molecule has 1 aliphatic rings. The Labute approximate surface area is 231 Å². The predicted octanol–water partition coefficient (Wildman–Crippen LogP) is 5.09. The fourth-order valence-corrected chi connectivity index (χ4v) is 6.54. The van der Waals surface area contributed by atoms with Gasteiger partial charge in [0.25, 0.3) is 5.56 Å². The molecular formula is C30H23N3O4S2. The third-order valence-electron chi connectivity index (χ3n) is 6.31. The van der Waals surface area contributed by atoms with E-state index < -0.39 is 12.0 Å².